The molecule has 0 aliphatic carbocycles. The van der Waals surface area contributed by atoms with E-state index >= 15 is 0 Å². The van der Waals surface area contributed by atoms with Crippen molar-refractivity contribution in [3.05, 3.63) is 71.0 Å². The van der Waals surface area contributed by atoms with Gasteiger partial charge in [0.15, 0.2) is 0 Å². The van der Waals surface area contributed by atoms with Gasteiger partial charge >= 0.3 is 5.97 Å². The first-order valence-electron chi connectivity index (χ1n) is 8.01. The highest BCUT2D eigenvalue weighted by atomic mass is 19.1. The Morgan fingerprint density at radius 2 is 1.89 bits per heavy atom. The first-order valence-corrected chi connectivity index (χ1v) is 8.01. The zero-order chi connectivity index (χ0) is 19.6. The molecular weight excluding hydrogens is 351 g/mol. The minimum absolute atomic E-state index is 0.0674. The number of amides is 1. The van der Waals surface area contributed by atoms with Crippen LogP contribution in [-0.4, -0.2) is 32.1 Å². The van der Waals surface area contributed by atoms with E-state index in [0.717, 1.165) is 0 Å². The molecule has 2 aromatic carbocycles. The maximum atomic E-state index is 13.6. The number of benzene rings is 2. The monoisotopic (exact) mass is 368 g/mol. The molecule has 7 heteroatoms. The van der Waals surface area contributed by atoms with Crippen molar-refractivity contribution in [3.63, 3.8) is 0 Å². The molecule has 0 heterocycles. The summed E-state index contributed by atoms with van der Waals surface area (Å²) in [5, 5.41) is 11.7. The number of rotatable bonds is 7. The van der Waals surface area contributed by atoms with Gasteiger partial charge in [-0.2, -0.15) is 5.26 Å². The fraction of sp³-hybridized carbons (Fsp3) is 0.150. The SMILES string of the molecule is COCCNC(=O)/C(C#N)=C/c1ccc(OC(=O)c2ccccc2F)cc1. The van der Waals surface area contributed by atoms with Crippen LogP contribution in [0.5, 0.6) is 5.75 Å². The van der Waals surface area contributed by atoms with Crippen molar-refractivity contribution in [1.82, 2.24) is 5.32 Å². The topological polar surface area (TPSA) is 88.4 Å². The van der Waals surface area contributed by atoms with Crippen LogP contribution in [0, 0.1) is 17.1 Å². The van der Waals surface area contributed by atoms with Crippen molar-refractivity contribution in [2.45, 2.75) is 0 Å². The van der Waals surface area contributed by atoms with Gasteiger partial charge in [-0.15, -0.1) is 0 Å². The number of nitrogens with one attached hydrogen (secondary N) is 1. The second kappa shape index (κ2) is 9.85. The van der Waals surface area contributed by atoms with Gasteiger partial charge in [0, 0.05) is 13.7 Å². The molecule has 138 valence electrons. The molecule has 0 unspecified atom stereocenters. The molecular formula is C20H17FN2O4. The smallest absolute Gasteiger partial charge is 0.346 e. The van der Waals surface area contributed by atoms with Gasteiger partial charge in [0.1, 0.15) is 23.2 Å². The van der Waals surface area contributed by atoms with E-state index in [0.29, 0.717) is 18.7 Å². The maximum absolute atomic E-state index is 13.6. The average molecular weight is 368 g/mol. The van der Waals surface area contributed by atoms with E-state index < -0.39 is 17.7 Å². The van der Waals surface area contributed by atoms with Gasteiger partial charge in [-0.1, -0.05) is 24.3 Å². The van der Waals surface area contributed by atoms with E-state index in [2.05, 4.69) is 5.32 Å². The van der Waals surface area contributed by atoms with Crippen LogP contribution in [0.2, 0.25) is 0 Å². The van der Waals surface area contributed by atoms with Crippen LogP contribution in [0.4, 0.5) is 4.39 Å². The zero-order valence-electron chi connectivity index (χ0n) is 14.6. The Morgan fingerprint density at radius 3 is 2.52 bits per heavy atom. The molecule has 1 N–H and O–H groups in total. The van der Waals surface area contributed by atoms with Gasteiger partial charge in [0.05, 0.1) is 12.2 Å². The lowest BCUT2D eigenvalue weighted by Gasteiger charge is -2.06. The van der Waals surface area contributed by atoms with Crippen molar-refractivity contribution in [2.24, 2.45) is 0 Å². The van der Waals surface area contributed by atoms with Crippen LogP contribution in [0.1, 0.15) is 15.9 Å². The van der Waals surface area contributed by atoms with Gasteiger partial charge in [0.2, 0.25) is 0 Å². The average Bonchev–Trinajstić information content (AvgIpc) is 2.67. The molecule has 0 aliphatic rings. The van der Waals surface area contributed by atoms with E-state index in [9.17, 15) is 14.0 Å². The summed E-state index contributed by atoms with van der Waals surface area (Å²) in [4.78, 5) is 23.9. The molecule has 0 aliphatic heterocycles. The largest absolute Gasteiger partial charge is 0.423 e. The van der Waals surface area contributed by atoms with Crippen LogP contribution >= 0.6 is 0 Å². The van der Waals surface area contributed by atoms with E-state index in [1.54, 1.807) is 12.1 Å². The minimum Gasteiger partial charge on any atom is -0.423 e. The van der Waals surface area contributed by atoms with Crippen LogP contribution in [-0.2, 0) is 9.53 Å². The Bertz CT molecular complexity index is 886. The van der Waals surface area contributed by atoms with Gasteiger partial charge in [-0.3, -0.25) is 4.79 Å². The summed E-state index contributed by atoms with van der Waals surface area (Å²) in [5.41, 5.74) is 0.335. The number of halogens is 1. The first kappa shape index (κ1) is 19.8. The third-order valence-electron chi connectivity index (χ3n) is 3.45. The van der Waals surface area contributed by atoms with Crippen molar-refractivity contribution < 1.29 is 23.5 Å². The van der Waals surface area contributed by atoms with E-state index in [1.807, 2.05) is 6.07 Å². The highest BCUT2D eigenvalue weighted by molar-refractivity contribution is 6.01. The molecule has 0 bridgehead atoms. The minimum atomic E-state index is -0.813. The number of hydrogen-bond donors (Lipinski definition) is 1. The predicted molar refractivity (Wildman–Crippen MR) is 96.3 cm³/mol. The molecule has 1 amide bonds. The third-order valence-corrected chi connectivity index (χ3v) is 3.45. The van der Waals surface area contributed by atoms with Crippen LogP contribution in [0.15, 0.2) is 54.1 Å². The molecule has 0 fully saturated rings. The molecule has 0 aromatic heterocycles. The summed E-state index contributed by atoms with van der Waals surface area (Å²) in [7, 11) is 1.51. The second-order valence-electron chi connectivity index (χ2n) is 5.36. The highest BCUT2D eigenvalue weighted by Crippen LogP contribution is 2.17. The number of esters is 1. The molecule has 2 aromatic rings. The van der Waals surface area contributed by atoms with Crippen molar-refractivity contribution in [1.29, 1.82) is 5.26 Å². The number of nitriles is 1. The number of hydrogen-bond acceptors (Lipinski definition) is 5. The van der Waals surface area contributed by atoms with Gasteiger partial charge < -0.3 is 14.8 Å². The van der Waals surface area contributed by atoms with Gasteiger partial charge in [0.25, 0.3) is 5.91 Å². The highest BCUT2D eigenvalue weighted by Gasteiger charge is 2.13. The Hall–Kier alpha value is -3.50. The summed E-state index contributed by atoms with van der Waals surface area (Å²) in [6.45, 7) is 0.631. The molecule has 0 radical (unpaired) electrons. The van der Waals surface area contributed by atoms with Crippen molar-refractivity contribution in [2.75, 3.05) is 20.3 Å². The molecule has 27 heavy (non-hydrogen) atoms. The molecule has 6 nitrogen and oxygen atoms in total. The van der Waals surface area contributed by atoms with Crippen LogP contribution in [0.3, 0.4) is 0 Å². The summed E-state index contributed by atoms with van der Waals surface area (Å²) in [6, 6.07) is 13.5. The fourth-order valence-electron chi connectivity index (χ4n) is 2.10. The lowest BCUT2D eigenvalue weighted by molar-refractivity contribution is -0.117. The number of ether oxygens (including phenoxy) is 2. The number of carbonyl (C=O) groups is 2. The molecule has 0 spiro atoms. The predicted octanol–water partition coefficient (Wildman–Crippen LogP) is 2.71. The lowest BCUT2D eigenvalue weighted by Crippen LogP contribution is -2.27. The normalized spacial score (nSPS) is 10.8. The van der Waals surface area contributed by atoms with Gasteiger partial charge in [-0.05, 0) is 35.9 Å². The molecule has 2 rings (SSSR count). The molecule has 0 saturated heterocycles. The Balaban J connectivity index is 2.05. The Morgan fingerprint density at radius 1 is 1.19 bits per heavy atom. The molecule has 0 saturated carbocycles. The van der Waals surface area contributed by atoms with E-state index in [1.165, 1.54) is 49.6 Å². The third kappa shape index (κ3) is 5.76. The lowest BCUT2D eigenvalue weighted by atomic mass is 10.1. The number of nitrogens with zero attached hydrogens (tertiary/aromatic N) is 1. The van der Waals surface area contributed by atoms with Crippen LogP contribution in [0.25, 0.3) is 6.08 Å². The van der Waals surface area contributed by atoms with Crippen molar-refractivity contribution >= 4 is 18.0 Å². The second-order valence-corrected chi connectivity index (χ2v) is 5.36. The van der Waals surface area contributed by atoms with Gasteiger partial charge in [-0.25, -0.2) is 9.18 Å². The molecule has 0 atom stereocenters. The zero-order valence-corrected chi connectivity index (χ0v) is 14.6. The standard InChI is InChI=1S/C20H17FN2O4/c1-26-11-10-23-19(24)15(13-22)12-14-6-8-16(9-7-14)27-20(25)17-4-2-3-5-18(17)21/h2-9,12H,10-11H2,1H3,(H,23,24)/b15-12+. The van der Waals surface area contributed by atoms with Crippen LogP contribution < -0.4 is 10.1 Å². The summed E-state index contributed by atoms with van der Waals surface area (Å²) in [6.07, 6.45) is 1.41. The Kier molecular flexibility index (Phi) is 7.23. The summed E-state index contributed by atoms with van der Waals surface area (Å²) in [5.74, 6) is -1.78. The summed E-state index contributed by atoms with van der Waals surface area (Å²) < 4.78 is 23.5. The Labute approximate surface area is 155 Å². The summed E-state index contributed by atoms with van der Waals surface area (Å²) >= 11 is 0. The van der Waals surface area contributed by atoms with E-state index in [-0.39, 0.29) is 16.9 Å². The maximum Gasteiger partial charge on any atom is 0.346 e. The number of carbonyl (C=O) groups excluding carboxylic acids is 2. The fourth-order valence-corrected chi connectivity index (χ4v) is 2.10. The number of methoxy groups -OCH3 is 1. The quantitative estimate of drug-likeness (QED) is 0.267. The van der Waals surface area contributed by atoms with Crippen molar-refractivity contribution in [3.8, 4) is 11.8 Å². The van der Waals surface area contributed by atoms with E-state index in [4.69, 9.17) is 14.7 Å². The first-order chi connectivity index (χ1) is 13.0.